The molecule has 1 atom stereocenters. The van der Waals surface area contributed by atoms with Crippen molar-refractivity contribution in [3.05, 3.63) is 33.9 Å². The maximum absolute atomic E-state index is 10.6. The zero-order chi connectivity index (χ0) is 12.3. The van der Waals surface area contributed by atoms with Gasteiger partial charge in [0.05, 0.1) is 12.0 Å². The first kappa shape index (κ1) is 11.9. The minimum atomic E-state index is -1.79. The number of aliphatic hydroxyl groups is 1. The molecule has 0 amide bonds. The molecular formula is C9H9NO6. The number of carbonyl (C=O) groups is 1. The van der Waals surface area contributed by atoms with Crippen LogP contribution in [0.25, 0.3) is 0 Å². The molecule has 0 saturated carbocycles. The Hall–Kier alpha value is -2.15. The van der Waals surface area contributed by atoms with Crippen LogP contribution >= 0.6 is 0 Å². The number of rotatable bonds is 4. The Bertz CT molecular complexity index is 430. The summed E-state index contributed by atoms with van der Waals surface area (Å²) >= 11 is 0. The lowest BCUT2D eigenvalue weighted by atomic mass is 10.1. The lowest BCUT2D eigenvalue weighted by Gasteiger charge is -2.07. The van der Waals surface area contributed by atoms with Crippen LogP contribution in [0.4, 0.5) is 5.69 Å². The van der Waals surface area contributed by atoms with Crippen LogP contribution in [-0.2, 0) is 4.79 Å². The zero-order valence-electron chi connectivity index (χ0n) is 8.28. The lowest BCUT2D eigenvalue weighted by Crippen LogP contribution is -2.10. The molecule has 86 valence electrons. The van der Waals surface area contributed by atoms with Gasteiger partial charge in [-0.05, 0) is 11.6 Å². The Morgan fingerprint density at radius 3 is 2.62 bits per heavy atom. The first-order chi connectivity index (χ1) is 7.47. The molecular weight excluding hydrogens is 218 g/mol. The summed E-state index contributed by atoms with van der Waals surface area (Å²) in [6.45, 7) is 0. The molecule has 0 spiro atoms. The number of nitro groups is 1. The van der Waals surface area contributed by atoms with Gasteiger partial charge in [-0.3, -0.25) is 10.1 Å². The molecule has 0 aliphatic rings. The van der Waals surface area contributed by atoms with Crippen LogP contribution in [0.2, 0.25) is 0 Å². The fraction of sp³-hybridized carbons (Fsp3) is 0.222. The van der Waals surface area contributed by atoms with Crippen LogP contribution in [0.1, 0.15) is 11.7 Å². The van der Waals surface area contributed by atoms with Crippen molar-refractivity contribution in [2.45, 2.75) is 6.10 Å². The van der Waals surface area contributed by atoms with Crippen molar-refractivity contribution in [1.82, 2.24) is 0 Å². The largest absolute Gasteiger partial charge is 0.490 e. The summed E-state index contributed by atoms with van der Waals surface area (Å²) in [6, 6.07) is 3.46. The fourth-order valence-electron chi connectivity index (χ4n) is 1.16. The minimum absolute atomic E-state index is 0.00587. The van der Waals surface area contributed by atoms with Crippen molar-refractivity contribution in [3.63, 3.8) is 0 Å². The van der Waals surface area contributed by atoms with Crippen LogP contribution in [0.5, 0.6) is 5.75 Å². The highest BCUT2D eigenvalue weighted by Crippen LogP contribution is 2.29. The number of nitrogens with zero attached hydrogens (tertiary/aromatic N) is 1. The lowest BCUT2D eigenvalue weighted by molar-refractivity contribution is -0.385. The fourth-order valence-corrected chi connectivity index (χ4v) is 1.16. The van der Waals surface area contributed by atoms with Crippen LogP contribution in [0.15, 0.2) is 18.2 Å². The maximum atomic E-state index is 10.6. The van der Waals surface area contributed by atoms with Crippen molar-refractivity contribution in [2.75, 3.05) is 7.11 Å². The quantitative estimate of drug-likeness (QED) is 0.579. The molecule has 1 aromatic carbocycles. The summed E-state index contributed by atoms with van der Waals surface area (Å²) in [6.07, 6.45) is -1.79. The van der Waals surface area contributed by atoms with Gasteiger partial charge in [-0.2, -0.15) is 0 Å². The molecule has 7 heteroatoms. The van der Waals surface area contributed by atoms with Crippen molar-refractivity contribution in [1.29, 1.82) is 0 Å². The first-order valence-electron chi connectivity index (χ1n) is 4.20. The Morgan fingerprint density at radius 2 is 2.19 bits per heavy atom. The summed E-state index contributed by atoms with van der Waals surface area (Å²) in [5, 5.41) is 28.4. The van der Waals surface area contributed by atoms with Gasteiger partial charge in [-0.15, -0.1) is 0 Å². The van der Waals surface area contributed by atoms with E-state index in [9.17, 15) is 20.0 Å². The van der Waals surface area contributed by atoms with Gasteiger partial charge >= 0.3 is 11.7 Å². The normalized spacial score (nSPS) is 11.9. The monoisotopic (exact) mass is 227 g/mol. The van der Waals surface area contributed by atoms with E-state index >= 15 is 0 Å². The second-order valence-corrected chi connectivity index (χ2v) is 2.93. The van der Waals surface area contributed by atoms with Gasteiger partial charge in [-0.1, -0.05) is 6.07 Å². The topological polar surface area (TPSA) is 110 Å². The number of nitro benzene ring substituents is 1. The Kier molecular flexibility index (Phi) is 3.41. The van der Waals surface area contributed by atoms with E-state index in [1.807, 2.05) is 0 Å². The molecule has 0 aliphatic carbocycles. The standard InChI is InChI=1S/C9H9NO6/c1-16-7-3-2-5(8(11)9(12)13)4-6(7)10(14)15/h2-4,8,11H,1H3,(H,12,13)/t8-/m0/s1. The van der Waals surface area contributed by atoms with Gasteiger partial charge < -0.3 is 14.9 Å². The molecule has 2 N–H and O–H groups in total. The summed E-state index contributed by atoms with van der Waals surface area (Å²) in [5.41, 5.74) is -0.458. The highest BCUT2D eigenvalue weighted by atomic mass is 16.6. The van der Waals surface area contributed by atoms with Gasteiger partial charge in [-0.25, -0.2) is 4.79 Å². The van der Waals surface area contributed by atoms with E-state index in [0.29, 0.717) is 0 Å². The number of carboxylic acid groups (broad SMARTS) is 1. The highest BCUT2D eigenvalue weighted by Gasteiger charge is 2.21. The van der Waals surface area contributed by atoms with Crippen molar-refractivity contribution in [2.24, 2.45) is 0 Å². The molecule has 0 aromatic heterocycles. The van der Waals surface area contributed by atoms with Gasteiger partial charge in [0, 0.05) is 6.07 Å². The summed E-state index contributed by atoms with van der Waals surface area (Å²) in [7, 11) is 1.26. The first-order valence-corrected chi connectivity index (χ1v) is 4.20. The number of carboxylic acids is 1. The molecule has 0 bridgehead atoms. The van der Waals surface area contributed by atoms with E-state index in [-0.39, 0.29) is 17.0 Å². The molecule has 16 heavy (non-hydrogen) atoms. The Balaban J connectivity index is 3.21. The molecule has 1 rings (SSSR count). The van der Waals surface area contributed by atoms with E-state index in [1.54, 1.807) is 0 Å². The Morgan fingerprint density at radius 1 is 1.56 bits per heavy atom. The summed E-state index contributed by atoms with van der Waals surface area (Å²) in [5.74, 6) is -1.47. The molecule has 0 fully saturated rings. The van der Waals surface area contributed by atoms with Gasteiger partial charge in [0.25, 0.3) is 0 Å². The number of benzene rings is 1. The molecule has 0 saturated heterocycles. The number of hydrogen-bond acceptors (Lipinski definition) is 5. The number of aliphatic carboxylic acids is 1. The van der Waals surface area contributed by atoms with Gasteiger partial charge in [0.1, 0.15) is 0 Å². The van der Waals surface area contributed by atoms with Gasteiger partial charge in [0.15, 0.2) is 11.9 Å². The number of methoxy groups -OCH3 is 1. The predicted octanol–water partition coefficient (Wildman–Crippen LogP) is 0.721. The minimum Gasteiger partial charge on any atom is -0.490 e. The van der Waals surface area contributed by atoms with Crippen LogP contribution < -0.4 is 4.74 Å². The predicted molar refractivity (Wildman–Crippen MR) is 52.2 cm³/mol. The number of aliphatic hydroxyl groups excluding tert-OH is 1. The third-order valence-electron chi connectivity index (χ3n) is 1.95. The molecule has 0 heterocycles. The SMILES string of the molecule is COc1ccc([C@H](O)C(=O)O)cc1[N+](=O)[O-]. The Labute approximate surface area is 90.0 Å². The zero-order valence-corrected chi connectivity index (χ0v) is 8.28. The van der Waals surface area contributed by atoms with E-state index in [2.05, 4.69) is 0 Å². The molecule has 0 aliphatic heterocycles. The average molecular weight is 227 g/mol. The van der Waals surface area contributed by atoms with E-state index in [4.69, 9.17) is 9.84 Å². The van der Waals surface area contributed by atoms with Crippen LogP contribution in [0, 0.1) is 10.1 Å². The second kappa shape index (κ2) is 4.58. The van der Waals surface area contributed by atoms with Crippen molar-refractivity contribution >= 4 is 11.7 Å². The van der Waals surface area contributed by atoms with E-state index < -0.39 is 17.0 Å². The number of ether oxygens (including phenoxy) is 1. The third-order valence-corrected chi connectivity index (χ3v) is 1.95. The third kappa shape index (κ3) is 2.26. The smallest absolute Gasteiger partial charge is 0.337 e. The molecule has 1 aromatic rings. The van der Waals surface area contributed by atoms with E-state index in [0.717, 1.165) is 6.07 Å². The number of hydrogen-bond donors (Lipinski definition) is 2. The van der Waals surface area contributed by atoms with Gasteiger partial charge in [0.2, 0.25) is 0 Å². The molecule has 7 nitrogen and oxygen atoms in total. The van der Waals surface area contributed by atoms with Crippen LogP contribution in [0.3, 0.4) is 0 Å². The van der Waals surface area contributed by atoms with Crippen molar-refractivity contribution in [3.8, 4) is 5.75 Å². The summed E-state index contributed by atoms with van der Waals surface area (Å²) in [4.78, 5) is 20.4. The van der Waals surface area contributed by atoms with Crippen molar-refractivity contribution < 1.29 is 24.7 Å². The molecule has 0 radical (unpaired) electrons. The molecule has 0 unspecified atom stereocenters. The maximum Gasteiger partial charge on any atom is 0.337 e. The van der Waals surface area contributed by atoms with E-state index in [1.165, 1.54) is 19.2 Å². The second-order valence-electron chi connectivity index (χ2n) is 2.93. The summed E-state index contributed by atoms with van der Waals surface area (Å²) < 4.78 is 4.73. The van der Waals surface area contributed by atoms with Crippen LogP contribution in [-0.4, -0.2) is 28.2 Å². The highest BCUT2D eigenvalue weighted by molar-refractivity contribution is 5.74. The average Bonchev–Trinajstić information content (AvgIpc) is 2.26.